The molecule has 2 aliphatic heterocycles. The lowest BCUT2D eigenvalue weighted by molar-refractivity contribution is 0.0157. The lowest BCUT2D eigenvalue weighted by atomic mass is 9.70. The van der Waals surface area contributed by atoms with Crippen LogP contribution in [0.25, 0.3) is 0 Å². The van der Waals surface area contributed by atoms with Crippen molar-refractivity contribution in [1.29, 1.82) is 0 Å². The van der Waals surface area contributed by atoms with Gasteiger partial charge in [-0.25, -0.2) is 9.18 Å². The van der Waals surface area contributed by atoms with Gasteiger partial charge >= 0.3 is 12.7 Å². The standard InChI is InChI=1S/C14H18BFNO6/c16-5-6-17-7-10(8-17)22-11-2-1-9-3-4-15(20,21)23-13(9)12(11)14(18)19/h1-2,10,20-21H,3-8H2,(H,18,19)/q-1. The molecule has 0 bridgehead atoms. The number of alkyl halides is 1. The summed E-state index contributed by atoms with van der Waals surface area (Å²) in [6, 6.07) is 3.22. The molecule has 2 aliphatic rings. The monoisotopic (exact) mass is 326 g/mol. The second-order valence-electron chi connectivity index (χ2n) is 5.94. The molecule has 0 spiro atoms. The first-order valence-corrected chi connectivity index (χ1v) is 7.53. The smallest absolute Gasteiger partial charge is 0.430 e. The van der Waals surface area contributed by atoms with Crippen LogP contribution in [0.3, 0.4) is 0 Å². The summed E-state index contributed by atoms with van der Waals surface area (Å²) in [6.07, 6.45) is 0.115. The van der Waals surface area contributed by atoms with Gasteiger partial charge in [-0.05, 0) is 18.1 Å². The Morgan fingerprint density at radius 1 is 1.43 bits per heavy atom. The van der Waals surface area contributed by atoms with Crippen LogP contribution in [0.15, 0.2) is 12.1 Å². The molecule has 2 heterocycles. The number of likely N-dealkylation sites (tertiary alicyclic amines) is 1. The topological polar surface area (TPSA) is 99.5 Å². The highest BCUT2D eigenvalue weighted by Gasteiger charge is 2.34. The Bertz CT molecular complexity index is 620. The molecule has 1 aromatic carbocycles. The van der Waals surface area contributed by atoms with Crippen LogP contribution in [0.2, 0.25) is 6.32 Å². The number of fused-ring (bicyclic) bond motifs is 1. The molecule has 7 nitrogen and oxygen atoms in total. The predicted molar refractivity (Wildman–Crippen MR) is 79.6 cm³/mol. The fraction of sp³-hybridized carbons (Fsp3) is 0.500. The molecule has 126 valence electrons. The van der Waals surface area contributed by atoms with Crippen molar-refractivity contribution < 1.29 is 33.7 Å². The Morgan fingerprint density at radius 3 is 2.83 bits per heavy atom. The van der Waals surface area contributed by atoms with Crippen LogP contribution in [0, 0.1) is 0 Å². The van der Waals surface area contributed by atoms with E-state index in [0.29, 0.717) is 31.6 Å². The highest BCUT2D eigenvalue weighted by molar-refractivity contribution is 6.59. The minimum Gasteiger partial charge on any atom is -0.669 e. The highest BCUT2D eigenvalue weighted by Crippen LogP contribution is 2.38. The maximum absolute atomic E-state index is 12.2. The van der Waals surface area contributed by atoms with Gasteiger partial charge in [0, 0.05) is 19.6 Å². The molecule has 3 rings (SSSR count). The number of ether oxygens (including phenoxy) is 1. The summed E-state index contributed by atoms with van der Waals surface area (Å²) in [7, 11) is 0. The quantitative estimate of drug-likeness (QED) is 0.668. The van der Waals surface area contributed by atoms with Crippen LogP contribution in [-0.4, -0.2) is 65.2 Å². The van der Waals surface area contributed by atoms with E-state index < -0.39 is 19.4 Å². The number of carboxylic acids is 1. The molecule has 1 aromatic rings. The Labute approximate surface area is 132 Å². The van der Waals surface area contributed by atoms with Crippen LogP contribution in [0.5, 0.6) is 11.5 Å². The molecule has 23 heavy (non-hydrogen) atoms. The van der Waals surface area contributed by atoms with E-state index in [1.807, 2.05) is 4.90 Å². The minimum absolute atomic E-state index is 0.0209. The minimum atomic E-state index is -3.05. The van der Waals surface area contributed by atoms with Crippen molar-refractivity contribution in [3.8, 4) is 11.5 Å². The number of carboxylic acid groups (broad SMARTS) is 1. The molecule has 1 saturated heterocycles. The number of aromatic carboxylic acids is 1. The molecule has 0 aromatic heterocycles. The molecule has 9 heteroatoms. The van der Waals surface area contributed by atoms with E-state index in [1.54, 1.807) is 12.1 Å². The number of rotatable bonds is 5. The Hall–Kier alpha value is -1.84. The van der Waals surface area contributed by atoms with Crippen LogP contribution >= 0.6 is 0 Å². The van der Waals surface area contributed by atoms with E-state index >= 15 is 0 Å². The molecular formula is C14H18BFNO6-. The number of hydrogen-bond acceptors (Lipinski definition) is 6. The highest BCUT2D eigenvalue weighted by atomic mass is 19.1. The molecule has 3 N–H and O–H groups in total. The Morgan fingerprint density at radius 2 is 2.17 bits per heavy atom. The van der Waals surface area contributed by atoms with Gasteiger partial charge in [0.25, 0.3) is 0 Å². The molecule has 0 atom stereocenters. The van der Waals surface area contributed by atoms with Gasteiger partial charge in [0.1, 0.15) is 24.1 Å². The van der Waals surface area contributed by atoms with Crippen LogP contribution in [-0.2, 0) is 6.42 Å². The van der Waals surface area contributed by atoms with Crippen LogP contribution in [0.1, 0.15) is 15.9 Å². The summed E-state index contributed by atoms with van der Waals surface area (Å²) < 4.78 is 23.0. The van der Waals surface area contributed by atoms with Gasteiger partial charge in [-0.2, -0.15) is 0 Å². The summed E-state index contributed by atoms with van der Waals surface area (Å²) in [4.78, 5) is 13.4. The molecule has 0 amide bonds. The summed E-state index contributed by atoms with van der Waals surface area (Å²) >= 11 is 0. The zero-order chi connectivity index (χ0) is 16.6. The number of nitrogens with zero attached hydrogens (tertiary/aromatic N) is 1. The lowest BCUT2D eigenvalue weighted by Crippen LogP contribution is -2.54. The zero-order valence-electron chi connectivity index (χ0n) is 12.4. The van der Waals surface area contributed by atoms with E-state index in [4.69, 9.17) is 9.39 Å². The fourth-order valence-corrected chi connectivity index (χ4v) is 2.91. The van der Waals surface area contributed by atoms with E-state index in [0.717, 1.165) is 0 Å². The van der Waals surface area contributed by atoms with Gasteiger partial charge in [-0.1, -0.05) is 12.4 Å². The Balaban J connectivity index is 1.83. The zero-order valence-corrected chi connectivity index (χ0v) is 12.4. The molecule has 0 unspecified atom stereocenters. The van der Waals surface area contributed by atoms with E-state index in [9.17, 15) is 24.3 Å². The largest absolute Gasteiger partial charge is 0.669 e. The van der Waals surface area contributed by atoms with Gasteiger partial charge in [-0.15, -0.1) is 0 Å². The predicted octanol–water partition coefficient (Wildman–Crippen LogP) is 0.276. The van der Waals surface area contributed by atoms with E-state index in [-0.39, 0.29) is 29.5 Å². The van der Waals surface area contributed by atoms with Crippen molar-refractivity contribution in [1.82, 2.24) is 4.90 Å². The average Bonchev–Trinajstić information content (AvgIpc) is 2.43. The second kappa shape index (κ2) is 5.99. The number of benzene rings is 1. The molecule has 0 saturated carbocycles. The summed E-state index contributed by atoms with van der Waals surface area (Å²) in [6.45, 7) is -2.11. The molecular weight excluding hydrogens is 308 g/mol. The van der Waals surface area contributed by atoms with Crippen molar-refractivity contribution in [3.63, 3.8) is 0 Å². The third-order valence-electron chi connectivity index (χ3n) is 4.13. The average molecular weight is 326 g/mol. The van der Waals surface area contributed by atoms with Crippen molar-refractivity contribution >= 4 is 12.7 Å². The molecule has 0 aliphatic carbocycles. The maximum atomic E-state index is 12.2. The fourth-order valence-electron chi connectivity index (χ4n) is 2.91. The first-order chi connectivity index (χ1) is 10.9. The first kappa shape index (κ1) is 16.0. The van der Waals surface area contributed by atoms with Gasteiger partial charge < -0.3 is 24.5 Å². The summed E-state index contributed by atoms with van der Waals surface area (Å²) in [5, 5.41) is 28.8. The van der Waals surface area contributed by atoms with Gasteiger partial charge in [0.05, 0.1) is 5.75 Å². The van der Waals surface area contributed by atoms with E-state index in [2.05, 4.69) is 0 Å². The lowest BCUT2D eigenvalue weighted by Gasteiger charge is -2.40. The molecule has 0 radical (unpaired) electrons. The van der Waals surface area contributed by atoms with Crippen molar-refractivity contribution in [2.24, 2.45) is 0 Å². The SMILES string of the molecule is O=C(O)c1c(OC2CN(CCF)C2)ccc2c1O[B-](O)(O)CC2. The van der Waals surface area contributed by atoms with Gasteiger partial charge in [-0.3, -0.25) is 4.90 Å². The molecule has 1 fully saturated rings. The second-order valence-corrected chi connectivity index (χ2v) is 5.94. The van der Waals surface area contributed by atoms with Crippen molar-refractivity contribution in [3.05, 3.63) is 23.3 Å². The third-order valence-corrected chi connectivity index (χ3v) is 4.13. The Kier molecular flexibility index (Phi) is 4.18. The maximum Gasteiger partial charge on any atom is 0.430 e. The number of hydrogen-bond donors (Lipinski definition) is 3. The van der Waals surface area contributed by atoms with E-state index in [1.165, 1.54) is 0 Å². The number of halogens is 1. The van der Waals surface area contributed by atoms with Gasteiger partial charge in [0.15, 0.2) is 0 Å². The number of carbonyl (C=O) groups is 1. The third kappa shape index (κ3) is 3.26. The summed E-state index contributed by atoms with van der Waals surface area (Å²) in [5.41, 5.74) is 0.392. The first-order valence-electron chi connectivity index (χ1n) is 7.53. The van der Waals surface area contributed by atoms with Crippen molar-refractivity contribution in [2.45, 2.75) is 18.8 Å². The summed E-state index contributed by atoms with van der Waals surface area (Å²) in [5.74, 6) is -1.19. The number of aryl methyl sites for hydroxylation is 1. The normalized spacial score (nSPS) is 20.3. The van der Waals surface area contributed by atoms with Crippen LogP contribution < -0.4 is 9.39 Å². The van der Waals surface area contributed by atoms with Crippen molar-refractivity contribution in [2.75, 3.05) is 26.3 Å². The van der Waals surface area contributed by atoms with Crippen LogP contribution in [0.4, 0.5) is 4.39 Å². The van der Waals surface area contributed by atoms with Gasteiger partial charge in [0.2, 0.25) is 0 Å².